The summed E-state index contributed by atoms with van der Waals surface area (Å²) in [6, 6.07) is 6.33. The zero-order chi connectivity index (χ0) is 15.6. The lowest BCUT2D eigenvalue weighted by Crippen LogP contribution is -2.46. The molecule has 0 saturated carbocycles. The molecule has 1 saturated heterocycles. The number of β-amino-alcohol motifs (C(OH)–C–C–N with tert-alkyl or cyclic N) is 1. The number of aromatic nitrogens is 3. The van der Waals surface area contributed by atoms with Gasteiger partial charge in [0.15, 0.2) is 0 Å². The minimum Gasteiger partial charge on any atom is -0.382 e. The van der Waals surface area contributed by atoms with Gasteiger partial charge in [-0.05, 0) is 37.6 Å². The summed E-state index contributed by atoms with van der Waals surface area (Å²) in [5, 5.41) is 29.9. The van der Waals surface area contributed by atoms with Gasteiger partial charge in [-0.3, -0.25) is 4.90 Å². The van der Waals surface area contributed by atoms with Crippen LogP contribution in [0.3, 0.4) is 0 Å². The predicted molar refractivity (Wildman–Crippen MR) is 75.9 cm³/mol. The summed E-state index contributed by atoms with van der Waals surface area (Å²) in [6.45, 7) is 1.47. The van der Waals surface area contributed by atoms with Crippen LogP contribution >= 0.6 is 0 Å². The van der Waals surface area contributed by atoms with Crippen molar-refractivity contribution in [3.05, 3.63) is 47.0 Å². The van der Waals surface area contributed by atoms with Gasteiger partial charge in [0.25, 0.3) is 0 Å². The number of nitrogens with zero attached hydrogens (tertiary/aromatic N) is 4. The van der Waals surface area contributed by atoms with Gasteiger partial charge in [0.2, 0.25) is 0 Å². The van der Waals surface area contributed by atoms with Crippen molar-refractivity contribution in [3.8, 4) is 6.07 Å². The molecule has 0 aliphatic carbocycles. The number of hydrogen-bond acceptors (Lipinski definition) is 5. The number of likely N-dealkylation sites (tertiary alicyclic amines) is 1. The summed E-state index contributed by atoms with van der Waals surface area (Å²) < 4.78 is 13.9. The molecule has 2 N–H and O–H groups in total. The molecular weight excluding hydrogens is 285 g/mol. The summed E-state index contributed by atoms with van der Waals surface area (Å²) in [5.74, 6) is -0.338. The molecule has 1 aliphatic heterocycles. The van der Waals surface area contributed by atoms with Crippen LogP contribution in [-0.2, 0) is 12.1 Å². The molecule has 1 aromatic carbocycles. The molecule has 0 amide bonds. The van der Waals surface area contributed by atoms with E-state index in [1.807, 2.05) is 11.0 Å². The average molecular weight is 301 g/mol. The Hall–Kier alpha value is -2.30. The number of aromatic amines is 1. The number of rotatable bonds is 3. The van der Waals surface area contributed by atoms with Crippen molar-refractivity contribution in [2.24, 2.45) is 0 Å². The van der Waals surface area contributed by atoms with Crippen LogP contribution < -0.4 is 0 Å². The number of benzene rings is 1. The molecule has 22 heavy (non-hydrogen) atoms. The van der Waals surface area contributed by atoms with E-state index in [4.69, 9.17) is 5.26 Å². The SMILES string of the molecule is N#Cc1ccc(F)c(CN2CCC[C@](O)(c3cn[nH]n3)C2)c1. The Bertz CT molecular complexity index is 696. The quantitative estimate of drug-likeness (QED) is 0.892. The van der Waals surface area contributed by atoms with Crippen molar-refractivity contribution < 1.29 is 9.50 Å². The average Bonchev–Trinajstić information content (AvgIpc) is 3.05. The smallest absolute Gasteiger partial charge is 0.127 e. The van der Waals surface area contributed by atoms with Gasteiger partial charge in [-0.15, -0.1) is 0 Å². The molecule has 0 radical (unpaired) electrons. The standard InChI is InChI=1S/C15H16FN5O/c16-13-3-2-11(7-17)6-12(13)9-21-5-1-4-15(22,10-21)14-8-18-20-19-14/h2-3,6,8,22H,1,4-5,9-10H2,(H,18,19,20)/t15-/m1/s1. The van der Waals surface area contributed by atoms with E-state index >= 15 is 0 Å². The van der Waals surface area contributed by atoms with Gasteiger partial charge in [0, 0.05) is 18.7 Å². The van der Waals surface area contributed by atoms with Crippen molar-refractivity contribution >= 4 is 0 Å². The summed E-state index contributed by atoms with van der Waals surface area (Å²) in [4.78, 5) is 1.97. The molecule has 0 bridgehead atoms. The number of hydrogen-bond donors (Lipinski definition) is 2. The minimum atomic E-state index is -1.07. The molecule has 1 aliphatic rings. The fourth-order valence-electron chi connectivity index (χ4n) is 2.90. The molecule has 0 unspecified atom stereocenters. The van der Waals surface area contributed by atoms with Crippen LogP contribution in [0.1, 0.15) is 29.7 Å². The van der Waals surface area contributed by atoms with Gasteiger partial charge in [0.1, 0.15) is 17.1 Å². The Labute approximate surface area is 127 Å². The van der Waals surface area contributed by atoms with Gasteiger partial charge < -0.3 is 5.11 Å². The van der Waals surface area contributed by atoms with Gasteiger partial charge in [0.05, 0.1) is 17.8 Å². The maximum absolute atomic E-state index is 13.9. The van der Waals surface area contributed by atoms with Crippen molar-refractivity contribution in [1.29, 1.82) is 5.26 Å². The largest absolute Gasteiger partial charge is 0.382 e. The van der Waals surface area contributed by atoms with Gasteiger partial charge in [-0.1, -0.05) is 0 Å². The fraction of sp³-hybridized carbons (Fsp3) is 0.400. The third-order valence-electron chi connectivity index (χ3n) is 4.01. The van der Waals surface area contributed by atoms with Crippen LogP contribution in [0.15, 0.2) is 24.4 Å². The molecule has 114 valence electrons. The highest BCUT2D eigenvalue weighted by atomic mass is 19.1. The normalized spacial score (nSPS) is 22.4. The van der Waals surface area contributed by atoms with Crippen molar-refractivity contribution in [3.63, 3.8) is 0 Å². The maximum atomic E-state index is 13.9. The van der Waals surface area contributed by atoms with Crippen molar-refractivity contribution in [1.82, 2.24) is 20.3 Å². The number of aliphatic hydroxyl groups is 1. The number of H-pyrrole nitrogens is 1. The predicted octanol–water partition coefficient (Wildman–Crippen LogP) is 1.30. The Kier molecular flexibility index (Phi) is 3.88. The van der Waals surface area contributed by atoms with E-state index in [0.29, 0.717) is 36.3 Å². The molecule has 3 rings (SSSR count). The van der Waals surface area contributed by atoms with Gasteiger partial charge in [-0.2, -0.15) is 20.7 Å². The first kappa shape index (κ1) is 14.6. The monoisotopic (exact) mass is 301 g/mol. The summed E-state index contributed by atoms with van der Waals surface area (Å²) in [7, 11) is 0. The summed E-state index contributed by atoms with van der Waals surface area (Å²) >= 11 is 0. The number of nitriles is 1. The Balaban J connectivity index is 1.78. The molecule has 1 fully saturated rings. The zero-order valence-electron chi connectivity index (χ0n) is 12.0. The second-order valence-electron chi connectivity index (χ2n) is 5.62. The maximum Gasteiger partial charge on any atom is 0.127 e. The molecule has 1 atom stereocenters. The lowest BCUT2D eigenvalue weighted by molar-refractivity contribution is -0.0416. The van der Waals surface area contributed by atoms with E-state index in [1.54, 1.807) is 6.07 Å². The first-order chi connectivity index (χ1) is 10.6. The molecule has 2 aromatic rings. The zero-order valence-corrected chi connectivity index (χ0v) is 12.0. The fourth-order valence-corrected chi connectivity index (χ4v) is 2.90. The second-order valence-corrected chi connectivity index (χ2v) is 5.62. The highest BCUT2D eigenvalue weighted by molar-refractivity contribution is 5.33. The molecule has 6 nitrogen and oxygen atoms in total. The Morgan fingerprint density at radius 1 is 1.50 bits per heavy atom. The number of halogens is 1. The van der Waals surface area contributed by atoms with Crippen LogP contribution in [0.5, 0.6) is 0 Å². The Morgan fingerprint density at radius 3 is 3.09 bits per heavy atom. The molecular formula is C15H16FN5O. The first-order valence-corrected chi connectivity index (χ1v) is 7.10. The van der Waals surface area contributed by atoms with Crippen LogP contribution in [0, 0.1) is 17.1 Å². The van der Waals surface area contributed by atoms with Crippen LogP contribution in [0.2, 0.25) is 0 Å². The molecule has 0 spiro atoms. The van der Waals surface area contributed by atoms with Crippen LogP contribution in [0.4, 0.5) is 4.39 Å². The first-order valence-electron chi connectivity index (χ1n) is 7.10. The second kappa shape index (κ2) is 5.83. The van der Waals surface area contributed by atoms with Gasteiger partial charge in [-0.25, -0.2) is 4.39 Å². The third kappa shape index (κ3) is 2.84. The Morgan fingerprint density at radius 2 is 2.36 bits per heavy atom. The van der Waals surface area contributed by atoms with Crippen molar-refractivity contribution in [2.75, 3.05) is 13.1 Å². The van der Waals surface area contributed by atoms with E-state index in [2.05, 4.69) is 15.4 Å². The van der Waals surface area contributed by atoms with Crippen molar-refractivity contribution in [2.45, 2.75) is 25.0 Å². The van der Waals surface area contributed by atoms with E-state index in [1.165, 1.54) is 18.3 Å². The number of nitrogens with one attached hydrogen (secondary N) is 1. The van der Waals surface area contributed by atoms with Crippen LogP contribution in [0.25, 0.3) is 0 Å². The summed E-state index contributed by atoms with van der Waals surface area (Å²) in [6.07, 6.45) is 2.89. The third-order valence-corrected chi connectivity index (χ3v) is 4.01. The molecule has 1 aromatic heterocycles. The number of piperidine rings is 1. The lowest BCUT2D eigenvalue weighted by atomic mass is 9.90. The molecule has 2 heterocycles. The van der Waals surface area contributed by atoms with E-state index in [0.717, 1.165) is 13.0 Å². The minimum absolute atomic E-state index is 0.338. The molecule has 7 heteroatoms. The summed E-state index contributed by atoms with van der Waals surface area (Å²) in [5.41, 5.74) is 0.321. The topological polar surface area (TPSA) is 88.8 Å². The van der Waals surface area contributed by atoms with Gasteiger partial charge >= 0.3 is 0 Å². The van der Waals surface area contributed by atoms with E-state index in [-0.39, 0.29) is 5.82 Å². The van der Waals surface area contributed by atoms with E-state index < -0.39 is 5.60 Å². The lowest BCUT2D eigenvalue weighted by Gasteiger charge is -2.38. The van der Waals surface area contributed by atoms with Crippen LogP contribution in [-0.4, -0.2) is 38.5 Å². The highest BCUT2D eigenvalue weighted by Crippen LogP contribution is 2.30. The van der Waals surface area contributed by atoms with E-state index in [9.17, 15) is 9.50 Å². The highest BCUT2D eigenvalue weighted by Gasteiger charge is 2.37.